The quantitative estimate of drug-likeness (QED) is 0.765. The van der Waals surface area contributed by atoms with E-state index in [0.29, 0.717) is 13.0 Å². The summed E-state index contributed by atoms with van der Waals surface area (Å²) in [6.45, 7) is 2.03. The molecule has 1 aromatic rings. The molecule has 1 aromatic carbocycles. The second-order valence-electron chi connectivity index (χ2n) is 5.44. The molecule has 2 unspecified atom stereocenters. The van der Waals surface area contributed by atoms with E-state index in [4.69, 9.17) is 0 Å². The molecule has 0 aliphatic carbocycles. The van der Waals surface area contributed by atoms with Gasteiger partial charge in [-0.2, -0.15) is 0 Å². The molecular formula is C15H20N2O4S. The lowest BCUT2D eigenvalue weighted by atomic mass is 10.1. The van der Waals surface area contributed by atoms with E-state index in [2.05, 4.69) is 5.32 Å². The van der Waals surface area contributed by atoms with Crippen molar-refractivity contribution in [3.63, 3.8) is 0 Å². The van der Waals surface area contributed by atoms with Crippen LogP contribution in [-0.4, -0.2) is 49.2 Å². The van der Waals surface area contributed by atoms with Gasteiger partial charge in [0.1, 0.15) is 0 Å². The average molecular weight is 324 g/mol. The van der Waals surface area contributed by atoms with Crippen LogP contribution in [0.1, 0.15) is 18.9 Å². The minimum absolute atomic E-state index is 0.118. The number of amides is 2. The molecule has 2 atom stereocenters. The first-order valence-electron chi connectivity index (χ1n) is 7.20. The largest absolute Gasteiger partial charge is 0.350 e. The SMILES string of the molecule is CCC(=O)NC1CS(=O)(=O)CC1N(C=O)Cc1ccccc1. The Morgan fingerprint density at radius 2 is 2.00 bits per heavy atom. The Morgan fingerprint density at radius 1 is 1.32 bits per heavy atom. The van der Waals surface area contributed by atoms with Gasteiger partial charge in [0.15, 0.2) is 9.84 Å². The lowest BCUT2D eigenvalue weighted by Crippen LogP contribution is -2.50. The molecule has 1 fully saturated rings. The van der Waals surface area contributed by atoms with Crippen molar-refractivity contribution in [2.24, 2.45) is 0 Å². The number of nitrogens with one attached hydrogen (secondary N) is 1. The molecule has 7 heteroatoms. The summed E-state index contributed by atoms with van der Waals surface area (Å²) in [4.78, 5) is 24.5. The lowest BCUT2D eigenvalue weighted by Gasteiger charge is -2.29. The molecule has 0 bridgehead atoms. The highest BCUT2D eigenvalue weighted by atomic mass is 32.2. The zero-order chi connectivity index (χ0) is 16.2. The van der Waals surface area contributed by atoms with Crippen molar-refractivity contribution >= 4 is 22.2 Å². The number of rotatable bonds is 6. The number of carbonyl (C=O) groups is 2. The maximum Gasteiger partial charge on any atom is 0.220 e. The summed E-state index contributed by atoms with van der Waals surface area (Å²) < 4.78 is 23.8. The number of nitrogens with zero attached hydrogens (tertiary/aromatic N) is 1. The molecule has 0 radical (unpaired) electrons. The van der Waals surface area contributed by atoms with Crippen LogP contribution in [0.3, 0.4) is 0 Å². The van der Waals surface area contributed by atoms with Crippen molar-refractivity contribution in [1.82, 2.24) is 10.2 Å². The minimum atomic E-state index is -3.26. The van der Waals surface area contributed by atoms with Crippen molar-refractivity contribution in [3.8, 4) is 0 Å². The van der Waals surface area contributed by atoms with Gasteiger partial charge in [0.2, 0.25) is 12.3 Å². The third-order valence-corrected chi connectivity index (χ3v) is 5.48. The number of hydrogen-bond donors (Lipinski definition) is 1. The van der Waals surface area contributed by atoms with Gasteiger partial charge in [-0.05, 0) is 5.56 Å². The van der Waals surface area contributed by atoms with E-state index in [-0.39, 0.29) is 23.8 Å². The summed E-state index contributed by atoms with van der Waals surface area (Å²) in [6.07, 6.45) is 0.937. The highest BCUT2D eigenvalue weighted by Crippen LogP contribution is 2.20. The van der Waals surface area contributed by atoms with Gasteiger partial charge >= 0.3 is 0 Å². The summed E-state index contributed by atoms with van der Waals surface area (Å²) in [5.74, 6) is -0.451. The van der Waals surface area contributed by atoms with Crippen molar-refractivity contribution in [3.05, 3.63) is 35.9 Å². The zero-order valence-corrected chi connectivity index (χ0v) is 13.3. The van der Waals surface area contributed by atoms with E-state index < -0.39 is 21.9 Å². The van der Waals surface area contributed by atoms with E-state index >= 15 is 0 Å². The van der Waals surface area contributed by atoms with Crippen LogP contribution in [0.25, 0.3) is 0 Å². The predicted molar refractivity (Wildman–Crippen MR) is 82.7 cm³/mol. The number of benzene rings is 1. The summed E-state index contributed by atoms with van der Waals surface area (Å²) in [7, 11) is -3.26. The molecule has 1 saturated heterocycles. The number of sulfone groups is 1. The lowest BCUT2D eigenvalue weighted by molar-refractivity contribution is -0.124. The van der Waals surface area contributed by atoms with Crippen LogP contribution in [-0.2, 0) is 26.0 Å². The first-order chi connectivity index (χ1) is 10.4. The molecule has 2 amide bonds. The number of hydrogen-bond acceptors (Lipinski definition) is 4. The van der Waals surface area contributed by atoms with Crippen LogP contribution in [0.2, 0.25) is 0 Å². The smallest absolute Gasteiger partial charge is 0.220 e. The van der Waals surface area contributed by atoms with Crippen molar-refractivity contribution in [2.45, 2.75) is 32.0 Å². The van der Waals surface area contributed by atoms with Crippen molar-refractivity contribution < 1.29 is 18.0 Å². The maximum atomic E-state index is 11.9. The first-order valence-corrected chi connectivity index (χ1v) is 9.02. The van der Waals surface area contributed by atoms with E-state index in [1.54, 1.807) is 6.92 Å². The van der Waals surface area contributed by atoms with Crippen LogP contribution in [0, 0.1) is 0 Å². The molecule has 1 aliphatic rings. The summed E-state index contributed by atoms with van der Waals surface area (Å²) >= 11 is 0. The van der Waals surface area contributed by atoms with Crippen LogP contribution >= 0.6 is 0 Å². The Kier molecular flexibility index (Phi) is 5.18. The van der Waals surface area contributed by atoms with Gasteiger partial charge in [-0.3, -0.25) is 9.59 Å². The molecule has 0 spiro atoms. The second-order valence-corrected chi connectivity index (χ2v) is 7.59. The third kappa shape index (κ3) is 4.07. The Morgan fingerprint density at radius 3 is 2.59 bits per heavy atom. The molecular weight excluding hydrogens is 304 g/mol. The van der Waals surface area contributed by atoms with Crippen LogP contribution in [0.4, 0.5) is 0 Å². The van der Waals surface area contributed by atoms with Gasteiger partial charge in [0, 0.05) is 13.0 Å². The molecule has 0 aromatic heterocycles. The van der Waals surface area contributed by atoms with E-state index in [1.807, 2.05) is 30.3 Å². The Bertz CT molecular complexity index is 630. The Hall–Kier alpha value is -1.89. The summed E-state index contributed by atoms with van der Waals surface area (Å²) in [5, 5.41) is 2.72. The van der Waals surface area contributed by atoms with Gasteiger partial charge in [-0.1, -0.05) is 37.3 Å². The maximum absolute atomic E-state index is 11.9. The van der Waals surface area contributed by atoms with Crippen molar-refractivity contribution in [2.75, 3.05) is 11.5 Å². The van der Waals surface area contributed by atoms with E-state index in [1.165, 1.54) is 4.90 Å². The fourth-order valence-corrected chi connectivity index (χ4v) is 4.56. The molecule has 1 aliphatic heterocycles. The standard InChI is InChI=1S/C15H20N2O4S/c1-2-15(19)16-13-9-22(20,21)10-14(13)17(11-18)8-12-6-4-3-5-7-12/h3-7,11,13-14H,2,8-10H2,1H3,(H,16,19). The Balaban J connectivity index is 2.17. The minimum Gasteiger partial charge on any atom is -0.350 e. The van der Waals surface area contributed by atoms with Gasteiger partial charge in [0.25, 0.3) is 0 Å². The van der Waals surface area contributed by atoms with Gasteiger partial charge in [0.05, 0.1) is 23.6 Å². The molecule has 1 N–H and O–H groups in total. The van der Waals surface area contributed by atoms with Gasteiger partial charge in [-0.25, -0.2) is 8.42 Å². The second kappa shape index (κ2) is 6.91. The van der Waals surface area contributed by atoms with Crippen LogP contribution in [0.15, 0.2) is 30.3 Å². The first kappa shape index (κ1) is 16.5. The monoisotopic (exact) mass is 324 g/mol. The average Bonchev–Trinajstić information content (AvgIpc) is 2.80. The fraction of sp³-hybridized carbons (Fsp3) is 0.467. The van der Waals surface area contributed by atoms with Crippen LogP contribution < -0.4 is 5.32 Å². The topological polar surface area (TPSA) is 83.6 Å². The molecule has 1 heterocycles. The predicted octanol–water partition coefficient (Wildman–Crippen LogP) is 0.337. The zero-order valence-electron chi connectivity index (χ0n) is 12.4. The highest BCUT2D eigenvalue weighted by Gasteiger charge is 2.41. The molecule has 120 valence electrons. The summed E-state index contributed by atoms with van der Waals surface area (Å²) in [5.41, 5.74) is 0.916. The van der Waals surface area contributed by atoms with Gasteiger partial charge in [-0.15, -0.1) is 0 Å². The molecule has 2 rings (SSSR count). The van der Waals surface area contributed by atoms with E-state index in [9.17, 15) is 18.0 Å². The molecule has 6 nitrogen and oxygen atoms in total. The normalized spacial score (nSPS) is 23.0. The fourth-order valence-electron chi connectivity index (χ4n) is 2.63. The van der Waals surface area contributed by atoms with Crippen molar-refractivity contribution in [1.29, 1.82) is 0 Å². The number of carbonyl (C=O) groups excluding carboxylic acids is 2. The van der Waals surface area contributed by atoms with Gasteiger partial charge < -0.3 is 10.2 Å². The third-order valence-electron chi connectivity index (χ3n) is 3.76. The van der Waals surface area contributed by atoms with Crippen LogP contribution in [0.5, 0.6) is 0 Å². The van der Waals surface area contributed by atoms with E-state index in [0.717, 1.165) is 5.56 Å². The molecule has 22 heavy (non-hydrogen) atoms. The highest BCUT2D eigenvalue weighted by molar-refractivity contribution is 7.91. The summed E-state index contributed by atoms with van der Waals surface area (Å²) in [6, 6.07) is 8.27. The Labute approximate surface area is 130 Å². The molecule has 0 saturated carbocycles.